The van der Waals surface area contributed by atoms with Crippen molar-refractivity contribution >= 4 is 24.2 Å². The number of carbonyl (C=O) groups excluding carboxylic acids is 2. The fourth-order valence-electron chi connectivity index (χ4n) is 5.72. The van der Waals surface area contributed by atoms with Gasteiger partial charge in [-0.05, 0) is 37.0 Å². The van der Waals surface area contributed by atoms with Crippen LogP contribution in [0.2, 0.25) is 0 Å². The first-order valence-corrected chi connectivity index (χ1v) is 13.6. The molecule has 3 rings (SSSR count). The van der Waals surface area contributed by atoms with E-state index >= 15 is 0 Å². The van der Waals surface area contributed by atoms with Gasteiger partial charge in [0.05, 0.1) is 29.7 Å². The number of nitrogens with two attached hydrogens (primary N) is 2. The molecule has 9 nitrogen and oxygen atoms in total. The maximum absolute atomic E-state index is 14.4. The lowest BCUT2D eigenvalue weighted by Crippen LogP contribution is -2.53. The molecule has 0 aromatic rings. The number of hydrogen-bond acceptors (Lipinski definition) is 7. The molecule has 0 spiro atoms. The number of piperidine rings is 1. The number of allylic oxidation sites excluding steroid dienone is 1. The van der Waals surface area contributed by atoms with E-state index in [4.69, 9.17) is 11.5 Å². The van der Waals surface area contributed by atoms with Crippen molar-refractivity contribution in [3.8, 4) is 0 Å². The maximum Gasteiger partial charge on any atom is 0.232 e. The summed E-state index contributed by atoms with van der Waals surface area (Å²) < 4.78 is 14.4. The number of halogens is 1. The number of nitrogens with one attached hydrogen (secondary N) is 1. The maximum atomic E-state index is 14.4. The van der Waals surface area contributed by atoms with Crippen molar-refractivity contribution in [2.45, 2.75) is 77.7 Å². The van der Waals surface area contributed by atoms with Crippen molar-refractivity contribution in [3.05, 3.63) is 11.4 Å². The Morgan fingerprint density at radius 1 is 1.32 bits per heavy atom. The van der Waals surface area contributed by atoms with Gasteiger partial charge in [0.15, 0.2) is 0 Å². The minimum Gasteiger partial charge on any atom is -0.372 e. The van der Waals surface area contributed by atoms with Gasteiger partial charge in [0.2, 0.25) is 11.8 Å². The monoisotopic (exact) mass is 519 g/mol. The second-order valence-electron chi connectivity index (χ2n) is 11.6. The number of hydrogen-bond donors (Lipinski definition) is 3. The Morgan fingerprint density at radius 2 is 2.05 bits per heavy atom. The molecule has 3 heterocycles. The Morgan fingerprint density at radius 3 is 2.70 bits per heavy atom. The topological polar surface area (TPSA) is 129 Å². The van der Waals surface area contributed by atoms with Crippen LogP contribution in [0.5, 0.6) is 0 Å². The van der Waals surface area contributed by atoms with Gasteiger partial charge < -0.3 is 26.6 Å². The predicted molar refractivity (Wildman–Crippen MR) is 146 cm³/mol. The Labute approximate surface area is 221 Å². The van der Waals surface area contributed by atoms with Crippen LogP contribution in [0.15, 0.2) is 21.4 Å². The van der Waals surface area contributed by atoms with E-state index in [2.05, 4.69) is 41.0 Å². The molecule has 2 amide bonds. The summed E-state index contributed by atoms with van der Waals surface area (Å²) in [7, 11) is 3.57. The summed E-state index contributed by atoms with van der Waals surface area (Å²) in [6.07, 6.45) is 5.04. The first kappa shape index (κ1) is 29.2. The number of dihydropyridines is 1. The molecule has 0 aliphatic carbocycles. The van der Waals surface area contributed by atoms with Crippen molar-refractivity contribution in [2.24, 2.45) is 44.6 Å². The summed E-state index contributed by atoms with van der Waals surface area (Å²) in [4.78, 5) is 39.2. The highest BCUT2D eigenvalue weighted by molar-refractivity contribution is 5.91. The number of amides is 2. The zero-order valence-electron chi connectivity index (χ0n) is 23.1. The number of alkyl halides is 1. The van der Waals surface area contributed by atoms with Gasteiger partial charge in [-0.1, -0.05) is 27.2 Å². The van der Waals surface area contributed by atoms with Crippen molar-refractivity contribution in [3.63, 3.8) is 0 Å². The minimum absolute atomic E-state index is 0.109. The molecule has 37 heavy (non-hydrogen) atoms. The molecule has 6 atom stereocenters. The molecular formula is C27H46FN7O2. The predicted octanol–water partition coefficient (Wildman–Crippen LogP) is 2.07. The lowest BCUT2D eigenvalue weighted by molar-refractivity contribution is -0.136. The molecule has 0 radical (unpaired) electrons. The molecule has 3 aliphatic heterocycles. The third-order valence-electron chi connectivity index (χ3n) is 8.52. The van der Waals surface area contributed by atoms with E-state index in [1.165, 1.54) is 6.21 Å². The van der Waals surface area contributed by atoms with Crippen molar-refractivity contribution in [2.75, 3.05) is 33.7 Å². The zero-order valence-corrected chi connectivity index (χ0v) is 23.1. The van der Waals surface area contributed by atoms with Gasteiger partial charge in [0, 0.05) is 58.3 Å². The Bertz CT molecular complexity index is 918. The first-order valence-electron chi connectivity index (χ1n) is 13.6. The van der Waals surface area contributed by atoms with E-state index < -0.39 is 24.3 Å². The lowest BCUT2D eigenvalue weighted by Gasteiger charge is -2.41. The molecule has 1 fully saturated rings. The van der Waals surface area contributed by atoms with Crippen LogP contribution in [-0.2, 0) is 9.59 Å². The molecule has 0 aromatic carbocycles. The second-order valence-corrected chi connectivity index (χ2v) is 11.6. The van der Waals surface area contributed by atoms with E-state index in [9.17, 15) is 14.0 Å². The average molecular weight is 520 g/mol. The van der Waals surface area contributed by atoms with E-state index in [1.807, 2.05) is 0 Å². The van der Waals surface area contributed by atoms with Crippen LogP contribution in [0, 0.1) is 23.2 Å². The van der Waals surface area contributed by atoms with Crippen molar-refractivity contribution in [1.82, 2.24) is 15.1 Å². The third kappa shape index (κ3) is 7.16. The molecule has 0 bridgehead atoms. The van der Waals surface area contributed by atoms with Crippen LogP contribution in [0.4, 0.5) is 4.39 Å². The van der Waals surface area contributed by atoms with Gasteiger partial charge in [-0.25, -0.2) is 4.39 Å². The van der Waals surface area contributed by atoms with Crippen LogP contribution in [0.3, 0.4) is 0 Å². The summed E-state index contributed by atoms with van der Waals surface area (Å²) >= 11 is 0. The third-order valence-corrected chi connectivity index (χ3v) is 8.52. The molecule has 3 unspecified atom stereocenters. The van der Waals surface area contributed by atoms with Crippen LogP contribution >= 0.6 is 0 Å². The largest absolute Gasteiger partial charge is 0.372 e. The standard InChI is InChI=1S/C27H46FN7O2/c1-6-27(3)10-7-18(28)14-32-20(13-27)23(24(29)30)25(36)33-21-15-31-11-8-22(21)35-12-9-17(2)19(16-35)26(37)34(4)5/h14-15,17-20,23-24H,6-13,16,29-30H2,1-5H3,(H,33,36)/t17-,18?,19+,20?,23?,27-/m1/s1. The Kier molecular flexibility index (Phi) is 9.86. The normalized spacial score (nSPS) is 31.6. The molecule has 0 aromatic heterocycles. The highest BCUT2D eigenvalue weighted by atomic mass is 19.1. The van der Waals surface area contributed by atoms with Gasteiger partial charge in [-0.3, -0.25) is 19.6 Å². The number of carbonyl (C=O) groups is 2. The fraction of sp³-hybridized carbons (Fsp3) is 0.778. The molecule has 0 saturated carbocycles. The molecular weight excluding hydrogens is 473 g/mol. The summed E-state index contributed by atoms with van der Waals surface area (Å²) in [6.45, 7) is 8.34. The fourth-order valence-corrected chi connectivity index (χ4v) is 5.72. The molecule has 10 heteroatoms. The quantitative estimate of drug-likeness (QED) is 0.444. The summed E-state index contributed by atoms with van der Waals surface area (Å²) in [5.41, 5.74) is 13.7. The molecule has 5 N–H and O–H groups in total. The molecule has 208 valence electrons. The summed E-state index contributed by atoms with van der Waals surface area (Å²) in [6, 6.07) is -0.522. The summed E-state index contributed by atoms with van der Waals surface area (Å²) in [5, 5.41) is 3.04. The van der Waals surface area contributed by atoms with Crippen LogP contribution in [-0.4, -0.2) is 86.2 Å². The van der Waals surface area contributed by atoms with E-state index in [0.29, 0.717) is 44.5 Å². The number of nitrogens with zero attached hydrogens (tertiary/aromatic N) is 4. The highest BCUT2D eigenvalue weighted by Crippen LogP contribution is 2.38. The number of rotatable bonds is 7. The summed E-state index contributed by atoms with van der Waals surface area (Å²) in [5.74, 6) is -0.859. The molecule has 1 saturated heterocycles. The Balaban J connectivity index is 1.85. The first-order chi connectivity index (χ1) is 17.5. The van der Waals surface area contributed by atoms with Crippen molar-refractivity contribution < 1.29 is 14.0 Å². The van der Waals surface area contributed by atoms with E-state index in [0.717, 1.165) is 25.1 Å². The van der Waals surface area contributed by atoms with Gasteiger partial charge in [0.1, 0.15) is 6.17 Å². The van der Waals surface area contributed by atoms with Crippen molar-refractivity contribution in [1.29, 1.82) is 0 Å². The van der Waals surface area contributed by atoms with Gasteiger partial charge in [-0.2, -0.15) is 0 Å². The zero-order chi connectivity index (χ0) is 27.3. The number of likely N-dealkylation sites (tertiary alicyclic amines) is 1. The average Bonchev–Trinajstić information content (AvgIpc) is 2.85. The van der Waals surface area contributed by atoms with E-state index in [-0.39, 0.29) is 29.1 Å². The van der Waals surface area contributed by atoms with E-state index in [1.54, 1.807) is 25.2 Å². The van der Waals surface area contributed by atoms with Gasteiger partial charge in [0.25, 0.3) is 0 Å². The van der Waals surface area contributed by atoms with Gasteiger partial charge in [-0.15, -0.1) is 0 Å². The van der Waals surface area contributed by atoms with Crippen LogP contribution < -0.4 is 16.8 Å². The van der Waals surface area contributed by atoms with Crippen LogP contribution in [0.1, 0.15) is 59.3 Å². The smallest absolute Gasteiger partial charge is 0.232 e. The van der Waals surface area contributed by atoms with Gasteiger partial charge >= 0.3 is 0 Å². The minimum atomic E-state index is -1.15. The van der Waals surface area contributed by atoms with Crippen LogP contribution in [0.25, 0.3) is 0 Å². The lowest BCUT2D eigenvalue weighted by atomic mass is 9.73. The Hall–Kier alpha value is -2.33. The molecule has 3 aliphatic rings. The SMILES string of the molecule is CC[C@]1(C)CCC(F)C=NC(C(C(=O)NC2=C(N3CC[C@@H](C)[C@@H](C(=O)N(C)C)C3)CCN=C2)C(N)N)C1. The number of aliphatic imine (C=N–C) groups is 2. The highest BCUT2D eigenvalue weighted by Gasteiger charge is 2.39. The second kappa shape index (κ2) is 12.5.